The number of hydrogen-bond acceptors (Lipinski definition) is 36. The fourth-order valence-electron chi connectivity index (χ4n) is 14.1. The molecule has 0 amide bonds. The fraction of sp³-hybridized carbons (Fsp3) is 0.459. The van der Waals surface area contributed by atoms with Gasteiger partial charge in [0, 0.05) is 83.5 Å². The van der Waals surface area contributed by atoms with Gasteiger partial charge in [0.2, 0.25) is 0 Å². The SMILES string of the molecule is CC1(O)[C@@H](O)[C@@H](COP2(=O)OCC(c3cc(F)cc(F)c3)CO2)O[C@H]1n1ccc(=O)[nH]c1=S.CC1(O)[C@@H](O)[C@@H](COP2(=O)OCC(c3cccc(Cl)c3)CO2)O[C@H]1n1ccc(=O)[nH]c1=S.CC1(O)[C@@H](O)[C@@H](COP2(=O)OCC(c3ccccc3)CO2)O[C@H]1n1ccc(=O)[nH]c1=S.CC1(O)[C@@H](O)[C@@H](COP2(=O)OCc3ccccc3O2)O[C@H]1n1ccc(=O)[nH]c1=S. The van der Waals surface area contributed by atoms with Crippen LogP contribution in [0.15, 0.2) is 165 Å². The van der Waals surface area contributed by atoms with Crippen LogP contribution in [0.25, 0.3) is 0 Å². The number of fused-ring (bicyclic) bond motifs is 1. The maximum absolute atomic E-state index is 13.4. The summed E-state index contributed by atoms with van der Waals surface area (Å²) in [5, 5.41) is 85.8. The topological polar surface area (TPSA) is 529 Å². The summed E-state index contributed by atoms with van der Waals surface area (Å²) in [6, 6.07) is 31.5. The molecule has 5 unspecified atom stereocenters. The van der Waals surface area contributed by atoms with E-state index in [0.717, 1.165) is 34.9 Å². The van der Waals surface area contributed by atoms with Gasteiger partial charge >= 0.3 is 31.3 Å². The third-order valence-electron chi connectivity index (χ3n) is 21.1. The number of hydrogen-bond donors (Lipinski definition) is 12. The first-order valence-electron chi connectivity index (χ1n) is 38.0. The Morgan fingerprint density at radius 3 is 1.05 bits per heavy atom. The van der Waals surface area contributed by atoms with Gasteiger partial charge in [0.15, 0.2) is 44.0 Å². The van der Waals surface area contributed by atoms with Crippen molar-refractivity contribution in [2.45, 2.75) is 148 Å². The summed E-state index contributed by atoms with van der Waals surface area (Å²) >= 11 is 26.4. The van der Waals surface area contributed by atoms with Crippen LogP contribution in [0.5, 0.6) is 5.75 Å². The highest BCUT2D eigenvalue weighted by Crippen LogP contribution is 2.59. The zero-order valence-corrected chi connectivity index (χ0v) is 73.6. The van der Waals surface area contributed by atoms with Gasteiger partial charge in [-0.25, -0.2) is 27.0 Å². The molecular formula is C74H85ClF2N8O32P4S4. The van der Waals surface area contributed by atoms with Crippen LogP contribution in [0.4, 0.5) is 8.78 Å². The molecule has 125 heavy (non-hydrogen) atoms. The molecule has 0 saturated carbocycles. The first kappa shape index (κ1) is 95.8. The lowest BCUT2D eigenvalue weighted by molar-refractivity contribution is -0.0981. The molecule has 17 atom stereocenters. The van der Waals surface area contributed by atoms with E-state index in [1.165, 1.54) is 95.0 Å². The minimum Gasteiger partial charge on any atom is -0.404 e. The predicted octanol–water partition coefficient (Wildman–Crippen LogP) is 8.19. The number of aromatic nitrogens is 8. The smallest absolute Gasteiger partial charge is 0.404 e. The molecule has 4 aromatic heterocycles. The Hall–Kier alpha value is -6.77. The highest BCUT2D eigenvalue weighted by molar-refractivity contribution is 7.71. The molecular weight excluding hydrogens is 1840 g/mol. The predicted molar refractivity (Wildman–Crippen MR) is 440 cm³/mol. The molecule has 8 aromatic rings. The van der Waals surface area contributed by atoms with Gasteiger partial charge in [0.1, 0.15) is 88.6 Å². The number of para-hydroxylation sites is 1. The Morgan fingerprint density at radius 1 is 0.408 bits per heavy atom. The van der Waals surface area contributed by atoms with Crippen molar-refractivity contribution in [3.8, 4) is 5.75 Å². The molecule has 16 rings (SSSR count). The van der Waals surface area contributed by atoms with Crippen LogP contribution in [0.3, 0.4) is 0 Å². The standard InChI is InChI=1S/C19H22ClN2O8PS.C19H21F2N2O8PS.C19H23N2O8PS.C17H19N2O8PS/c1-19(25)16(24)14(30-17(19)22-6-5-15(23)21-18(22)32)10-29-31(26)27-8-12(9-28-31)11-3-2-4-13(20)7-11;1-19(26)16(25)14(31-17(19)23-3-2-15(24)22-18(23)33)9-30-32(27)28-7-11(8-29-32)10-4-12(20)6-13(21)5-10;1-19(24)16(23)14(29-17(19)21-8-7-15(22)20-18(21)31)11-28-30(25)26-9-13(10-27-30)12-5-3-2-4-6-12;1-17(22)14(21)12(26-15(17)19-7-6-13(20)18-16(19)29)9-25-28(23)24-8-10-4-2-3-5-11(10)27-28/h2-7,12,14,16-17,24-25H,8-10H2,1H3,(H,21,23,32);2-6,11,14,16-17,25-26H,7-9H2,1H3,(H,22,24,33);2-8,13-14,16-17,23-24H,9-11H2,1H3,(H,20,22,31);2-7,12,14-15,21-22H,8-9H2,1H3,(H,18,20,29)/t12?,14-,16+,17-,19?,31?;11?,14-,16+,17-,19?,32?;13?,14-,16+,17-,19?,30?;12-,14+,15-,17?,28?/m1111/s1. The number of aliphatic hydroxyl groups is 8. The molecule has 12 N–H and O–H groups in total. The number of phosphoric acid groups is 4. The summed E-state index contributed by atoms with van der Waals surface area (Å²) < 4.78 is 170. The lowest BCUT2D eigenvalue weighted by atomic mass is 9.96. The largest absolute Gasteiger partial charge is 0.530 e. The van der Waals surface area contributed by atoms with Crippen molar-refractivity contribution in [3.05, 3.63) is 246 Å². The first-order chi connectivity index (χ1) is 59.0. The molecule has 8 aliphatic heterocycles. The zero-order chi connectivity index (χ0) is 90.1. The highest BCUT2D eigenvalue weighted by atomic mass is 35.5. The van der Waals surface area contributed by atoms with E-state index in [9.17, 15) is 87.1 Å². The number of ether oxygens (including phenoxy) is 4. The van der Waals surface area contributed by atoms with Crippen LogP contribution in [-0.4, -0.2) is 216 Å². The quantitative estimate of drug-likeness (QED) is 0.0268. The van der Waals surface area contributed by atoms with Gasteiger partial charge in [0.05, 0.1) is 72.7 Å². The van der Waals surface area contributed by atoms with E-state index >= 15 is 0 Å². The third kappa shape index (κ3) is 22.1. The number of phosphoric ester groups is 4. The third-order valence-corrected chi connectivity index (χ3v) is 28.1. The average molecular weight is 1920 g/mol. The van der Waals surface area contributed by atoms with Gasteiger partial charge in [-0.3, -0.25) is 107 Å². The fourth-order valence-corrected chi connectivity index (χ4v) is 20.4. The molecule has 40 nitrogen and oxygen atoms in total. The second kappa shape index (κ2) is 39.1. The zero-order valence-electron chi connectivity index (χ0n) is 66.0. The summed E-state index contributed by atoms with van der Waals surface area (Å²) in [6.45, 7) is 4.04. The maximum atomic E-state index is 13.4. The van der Waals surface area contributed by atoms with Crippen LogP contribution in [-0.2, 0) is 93.6 Å². The average Bonchev–Trinajstić information content (AvgIpc) is 1.63. The van der Waals surface area contributed by atoms with E-state index in [4.69, 9.17) is 134 Å². The van der Waals surface area contributed by atoms with E-state index < -0.39 is 174 Å². The van der Waals surface area contributed by atoms with Crippen molar-refractivity contribution in [3.63, 3.8) is 0 Å². The number of nitrogens with zero attached hydrogens (tertiary/aromatic N) is 4. The van der Waals surface area contributed by atoms with Gasteiger partial charge in [-0.1, -0.05) is 72.3 Å². The van der Waals surface area contributed by atoms with Crippen molar-refractivity contribution in [1.29, 1.82) is 0 Å². The van der Waals surface area contributed by atoms with Crippen LogP contribution in [0.2, 0.25) is 5.02 Å². The molecule has 0 spiro atoms. The lowest BCUT2D eigenvalue weighted by Crippen LogP contribution is -2.44. The van der Waals surface area contributed by atoms with E-state index in [1.807, 2.05) is 36.4 Å². The van der Waals surface area contributed by atoms with E-state index in [-0.39, 0.29) is 103 Å². The Balaban J connectivity index is 0.000000143. The van der Waals surface area contributed by atoms with Crippen molar-refractivity contribution >= 4 is 91.8 Å². The van der Waals surface area contributed by atoms with Crippen LogP contribution in [0, 0.1) is 30.7 Å². The van der Waals surface area contributed by atoms with Crippen molar-refractivity contribution in [2.75, 3.05) is 66.1 Å². The highest BCUT2D eigenvalue weighted by Gasteiger charge is 2.58. The molecule has 7 saturated heterocycles. The molecule has 7 fully saturated rings. The Morgan fingerprint density at radius 2 is 0.712 bits per heavy atom. The normalized spacial score (nSPS) is 34.8. The molecule has 0 radical (unpaired) electrons. The number of benzene rings is 4. The minimum absolute atomic E-state index is 0.00958. The number of aliphatic hydroxyl groups excluding tert-OH is 4. The van der Waals surface area contributed by atoms with Crippen molar-refractivity contribution in [1.82, 2.24) is 38.2 Å². The van der Waals surface area contributed by atoms with Gasteiger partial charge in [-0.2, -0.15) is 0 Å². The molecule has 0 aliphatic carbocycles. The van der Waals surface area contributed by atoms with E-state index in [2.05, 4.69) is 19.9 Å². The molecule has 12 heterocycles. The maximum Gasteiger partial charge on any atom is 0.530 e. The second-order valence-corrected chi connectivity index (χ2v) is 38.9. The van der Waals surface area contributed by atoms with E-state index in [0.29, 0.717) is 10.8 Å². The molecule has 8 aliphatic rings. The number of halogens is 3. The number of H-pyrrole nitrogens is 4. The summed E-state index contributed by atoms with van der Waals surface area (Å²) in [6.07, 6.45) is -9.11. The summed E-state index contributed by atoms with van der Waals surface area (Å²) in [5.74, 6) is -1.94. The van der Waals surface area contributed by atoms with Crippen molar-refractivity contribution in [2.24, 2.45) is 0 Å². The second-order valence-electron chi connectivity index (χ2n) is 30.3. The van der Waals surface area contributed by atoms with E-state index in [1.54, 1.807) is 42.5 Å². The van der Waals surface area contributed by atoms with Crippen LogP contribution >= 0.6 is 91.8 Å². The molecule has 51 heteroatoms. The number of nitrogens with one attached hydrogen (secondary N) is 4. The lowest BCUT2D eigenvalue weighted by Gasteiger charge is -2.29. The van der Waals surface area contributed by atoms with Crippen molar-refractivity contribution < 1.29 is 141 Å². The Bertz CT molecular complexity index is 5900. The van der Waals surface area contributed by atoms with Crippen LogP contribution in [0.1, 0.15) is 92.6 Å². The number of rotatable bonds is 19. The molecule has 4 aromatic carbocycles. The monoisotopic (exact) mass is 1920 g/mol. The summed E-state index contributed by atoms with van der Waals surface area (Å²) in [5.41, 5.74) is -5.90. The van der Waals surface area contributed by atoms with Gasteiger partial charge in [-0.15, -0.1) is 0 Å². The Kier molecular flexibility index (Phi) is 30.0. The first-order valence-corrected chi connectivity index (χ1v) is 45.9. The minimum atomic E-state index is -4.06. The Labute approximate surface area is 732 Å². The molecule has 678 valence electrons. The summed E-state index contributed by atoms with van der Waals surface area (Å²) in [4.78, 5) is 55.3. The number of aromatic amines is 4. The van der Waals surface area contributed by atoms with Crippen LogP contribution < -0.4 is 26.8 Å². The summed E-state index contributed by atoms with van der Waals surface area (Å²) in [7, 11) is -15.7. The van der Waals surface area contributed by atoms with Gasteiger partial charge in [-0.05, 0) is 124 Å². The van der Waals surface area contributed by atoms with Gasteiger partial charge < -0.3 is 64.3 Å². The molecule has 0 bridgehead atoms. The van der Waals surface area contributed by atoms with Gasteiger partial charge in [0.25, 0.3) is 22.2 Å².